The van der Waals surface area contributed by atoms with Crippen molar-refractivity contribution in [1.82, 2.24) is 4.90 Å². The Balaban J connectivity index is 1.72. The van der Waals surface area contributed by atoms with Crippen LogP contribution in [0.5, 0.6) is 0 Å². The molecule has 0 saturated carbocycles. The van der Waals surface area contributed by atoms with E-state index in [1.165, 1.54) is 10.4 Å². The van der Waals surface area contributed by atoms with Gasteiger partial charge in [0.1, 0.15) is 0 Å². The fraction of sp³-hybridized carbons (Fsp3) is 0.412. The van der Waals surface area contributed by atoms with Gasteiger partial charge in [0.05, 0.1) is 19.3 Å². The number of hydrogen-bond acceptors (Lipinski definition) is 4. The maximum atomic E-state index is 10.1. The summed E-state index contributed by atoms with van der Waals surface area (Å²) in [5.74, 6) is 0. The van der Waals surface area contributed by atoms with Crippen molar-refractivity contribution in [2.24, 2.45) is 0 Å². The molecule has 0 amide bonds. The van der Waals surface area contributed by atoms with Crippen LogP contribution in [-0.4, -0.2) is 36.3 Å². The molecule has 1 aromatic carbocycles. The average molecular weight is 305 g/mol. The van der Waals surface area contributed by atoms with Crippen LogP contribution in [-0.2, 0) is 11.3 Å². The summed E-state index contributed by atoms with van der Waals surface area (Å²) < 4.78 is 5.56. The van der Waals surface area contributed by atoms with Crippen molar-refractivity contribution in [3.63, 3.8) is 0 Å². The third kappa shape index (κ3) is 5.25. The minimum atomic E-state index is -0.471. The lowest BCUT2D eigenvalue weighted by molar-refractivity contribution is 0.00930. The summed E-state index contributed by atoms with van der Waals surface area (Å²) in [5, 5.41) is 12.1. The van der Waals surface area contributed by atoms with Gasteiger partial charge in [-0.1, -0.05) is 36.4 Å². The Morgan fingerprint density at radius 3 is 2.62 bits per heavy atom. The lowest BCUT2D eigenvalue weighted by Crippen LogP contribution is -2.33. The molecule has 2 unspecified atom stereocenters. The van der Waals surface area contributed by atoms with E-state index in [1.807, 2.05) is 42.8 Å². The number of rotatable bonds is 8. The first-order valence-corrected chi connectivity index (χ1v) is 8.08. The second kappa shape index (κ2) is 8.29. The van der Waals surface area contributed by atoms with Crippen molar-refractivity contribution in [1.29, 1.82) is 0 Å². The summed E-state index contributed by atoms with van der Waals surface area (Å²) >= 11 is 1.67. The summed E-state index contributed by atoms with van der Waals surface area (Å²) in [5.41, 5.74) is 1.26. The van der Waals surface area contributed by atoms with Crippen molar-refractivity contribution >= 4 is 11.3 Å². The molecule has 0 saturated heterocycles. The lowest BCUT2D eigenvalue weighted by atomic mass is 10.1. The van der Waals surface area contributed by atoms with Crippen LogP contribution in [0, 0.1) is 0 Å². The van der Waals surface area contributed by atoms with Gasteiger partial charge in [-0.25, -0.2) is 0 Å². The average Bonchev–Trinajstić information content (AvgIpc) is 3.00. The quantitative estimate of drug-likeness (QED) is 0.812. The molecule has 0 radical (unpaired) electrons. The minimum Gasteiger partial charge on any atom is -0.389 e. The van der Waals surface area contributed by atoms with E-state index < -0.39 is 6.10 Å². The zero-order valence-corrected chi connectivity index (χ0v) is 13.4. The highest BCUT2D eigenvalue weighted by molar-refractivity contribution is 7.09. The molecular formula is C17H23NO2S. The molecular weight excluding hydrogens is 282 g/mol. The largest absolute Gasteiger partial charge is 0.389 e. The number of aliphatic hydroxyl groups excluding tert-OH is 1. The summed E-state index contributed by atoms with van der Waals surface area (Å²) in [6.45, 7) is 3.69. The number of likely N-dealkylation sites (N-methyl/N-ethyl adjacent to an activating group) is 1. The van der Waals surface area contributed by atoms with Gasteiger partial charge in [-0.15, -0.1) is 11.3 Å². The van der Waals surface area contributed by atoms with Crippen molar-refractivity contribution < 1.29 is 9.84 Å². The predicted octanol–water partition coefficient (Wildman–Crippen LogP) is 3.32. The second-order valence-corrected chi connectivity index (χ2v) is 6.31. The number of aliphatic hydroxyl groups is 1. The molecule has 4 heteroatoms. The highest BCUT2D eigenvalue weighted by Gasteiger charge is 2.15. The molecule has 3 nitrogen and oxygen atoms in total. The van der Waals surface area contributed by atoms with Crippen LogP contribution in [0.3, 0.4) is 0 Å². The van der Waals surface area contributed by atoms with Gasteiger partial charge in [-0.2, -0.15) is 0 Å². The Morgan fingerprint density at radius 2 is 1.95 bits per heavy atom. The van der Waals surface area contributed by atoms with Crippen molar-refractivity contribution in [2.45, 2.75) is 25.7 Å². The maximum Gasteiger partial charge on any atom is 0.0900 e. The van der Waals surface area contributed by atoms with Gasteiger partial charge >= 0.3 is 0 Å². The Kier molecular flexibility index (Phi) is 6.39. The molecule has 0 aliphatic carbocycles. The van der Waals surface area contributed by atoms with Crippen molar-refractivity contribution in [2.75, 3.05) is 20.2 Å². The second-order valence-electron chi connectivity index (χ2n) is 5.27. The van der Waals surface area contributed by atoms with E-state index in [1.54, 1.807) is 11.3 Å². The smallest absolute Gasteiger partial charge is 0.0900 e. The monoisotopic (exact) mass is 305 g/mol. The number of nitrogens with zero attached hydrogens (tertiary/aromatic N) is 1. The Bertz CT molecular complexity index is 501. The van der Waals surface area contributed by atoms with Crippen LogP contribution in [0.25, 0.3) is 0 Å². The summed E-state index contributed by atoms with van der Waals surface area (Å²) in [6, 6.07) is 14.7. The first-order chi connectivity index (χ1) is 10.2. The lowest BCUT2D eigenvalue weighted by Gasteiger charge is -2.27. The normalized spacial score (nSPS) is 14.3. The van der Waals surface area contributed by atoms with Gasteiger partial charge < -0.3 is 9.84 Å². The highest BCUT2D eigenvalue weighted by Crippen LogP contribution is 2.18. The first kappa shape index (κ1) is 16.2. The zero-order chi connectivity index (χ0) is 15.1. The third-order valence-corrected chi connectivity index (χ3v) is 4.43. The molecule has 21 heavy (non-hydrogen) atoms. The highest BCUT2D eigenvalue weighted by atomic mass is 32.1. The zero-order valence-electron chi connectivity index (χ0n) is 12.6. The molecule has 2 aromatic rings. The fourth-order valence-electron chi connectivity index (χ4n) is 2.22. The van der Waals surface area contributed by atoms with Gasteiger partial charge in [-0.05, 0) is 31.0 Å². The van der Waals surface area contributed by atoms with E-state index in [4.69, 9.17) is 4.74 Å². The van der Waals surface area contributed by atoms with Crippen LogP contribution in [0.2, 0.25) is 0 Å². The first-order valence-electron chi connectivity index (χ1n) is 7.20. The van der Waals surface area contributed by atoms with E-state index in [2.05, 4.69) is 24.0 Å². The topological polar surface area (TPSA) is 32.7 Å². The van der Waals surface area contributed by atoms with Gasteiger partial charge in [0.25, 0.3) is 0 Å². The van der Waals surface area contributed by atoms with Crippen molar-refractivity contribution in [3.8, 4) is 0 Å². The molecule has 114 valence electrons. The number of benzene rings is 1. The summed E-state index contributed by atoms with van der Waals surface area (Å²) in [4.78, 5) is 3.34. The van der Waals surface area contributed by atoms with E-state index in [9.17, 15) is 5.11 Å². The molecule has 0 fully saturated rings. The molecule has 2 atom stereocenters. The van der Waals surface area contributed by atoms with Gasteiger partial charge in [0, 0.05) is 17.5 Å². The maximum absolute atomic E-state index is 10.1. The van der Waals surface area contributed by atoms with Crippen LogP contribution in [0.1, 0.15) is 23.4 Å². The summed E-state index contributed by atoms with van der Waals surface area (Å²) in [7, 11) is 2.03. The molecule has 0 aliphatic rings. The molecule has 0 aliphatic heterocycles. The molecule has 2 rings (SSSR count). The van der Waals surface area contributed by atoms with Gasteiger partial charge in [0.15, 0.2) is 0 Å². The number of thiophene rings is 1. The van der Waals surface area contributed by atoms with Gasteiger partial charge in [-0.3, -0.25) is 4.90 Å². The van der Waals surface area contributed by atoms with E-state index in [0.29, 0.717) is 19.8 Å². The van der Waals surface area contributed by atoms with E-state index in [-0.39, 0.29) is 6.04 Å². The molecule has 1 aromatic heterocycles. The molecule has 1 heterocycles. The van der Waals surface area contributed by atoms with E-state index >= 15 is 0 Å². The van der Waals surface area contributed by atoms with Crippen LogP contribution in [0.15, 0.2) is 47.8 Å². The third-order valence-electron chi connectivity index (χ3n) is 3.58. The Hall–Kier alpha value is -1.20. The predicted molar refractivity (Wildman–Crippen MR) is 87.5 cm³/mol. The van der Waals surface area contributed by atoms with Crippen LogP contribution < -0.4 is 0 Å². The SMILES string of the molecule is CC(c1ccccc1)N(C)CC(O)COCc1cccs1. The minimum absolute atomic E-state index is 0.276. The number of ether oxygens (including phenoxy) is 1. The molecule has 0 bridgehead atoms. The summed E-state index contributed by atoms with van der Waals surface area (Å²) in [6.07, 6.45) is -0.471. The van der Waals surface area contributed by atoms with Crippen molar-refractivity contribution in [3.05, 3.63) is 58.3 Å². The van der Waals surface area contributed by atoms with Crippen LogP contribution >= 0.6 is 11.3 Å². The van der Waals surface area contributed by atoms with Crippen LogP contribution in [0.4, 0.5) is 0 Å². The molecule has 0 spiro atoms. The number of hydrogen-bond donors (Lipinski definition) is 1. The fourth-order valence-corrected chi connectivity index (χ4v) is 2.86. The standard InChI is InChI=1S/C17H23NO2S/c1-14(15-7-4-3-5-8-15)18(2)11-16(19)12-20-13-17-9-6-10-21-17/h3-10,14,16,19H,11-13H2,1-2H3. The Labute approximate surface area is 130 Å². The van der Waals surface area contributed by atoms with Gasteiger partial charge in [0.2, 0.25) is 0 Å². The molecule has 1 N–H and O–H groups in total. The Morgan fingerprint density at radius 1 is 1.19 bits per heavy atom. The van der Waals surface area contributed by atoms with E-state index in [0.717, 1.165) is 0 Å².